The summed E-state index contributed by atoms with van der Waals surface area (Å²) in [5, 5.41) is 0. The van der Waals surface area contributed by atoms with Gasteiger partial charge in [-0.15, -0.1) is 0 Å². The largest absolute Gasteiger partial charge is 0.306 e. The second-order valence-electron chi connectivity index (χ2n) is 2.03. The highest BCUT2D eigenvalue weighted by Gasteiger charge is 1.93. The average Bonchev–Trinajstić information content (AvgIpc) is 2.27. The van der Waals surface area contributed by atoms with Crippen LogP contribution in [0.5, 0.6) is 0 Å². The van der Waals surface area contributed by atoms with Gasteiger partial charge in [0.1, 0.15) is 10.3 Å². The fourth-order valence-corrected chi connectivity index (χ4v) is 1.31. The number of rotatable bonds is 0. The quantitative estimate of drug-likeness (QED) is 0.632. The maximum absolute atomic E-state index is 4.19. The lowest BCUT2D eigenvalue weighted by atomic mass is 10.5. The first-order valence-electron chi connectivity index (χ1n) is 2.95. The lowest BCUT2D eigenvalue weighted by molar-refractivity contribution is 1.19. The molecule has 2 nitrogen and oxygen atoms in total. The van der Waals surface area contributed by atoms with E-state index in [1.165, 1.54) is 0 Å². The Bertz CT molecular complexity index is 320. The van der Waals surface area contributed by atoms with Crippen LogP contribution in [-0.2, 0) is 0 Å². The lowest BCUT2D eigenvalue weighted by Gasteiger charge is -1.86. The highest BCUT2D eigenvalue weighted by atomic mass is 79.9. The predicted molar refractivity (Wildman–Crippen MR) is 42.9 cm³/mol. The lowest BCUT2D eigenvalue weighted by Crippen LogP contribution is -1.77. The number of nitrogens with zero attached hydrogens (tertiary/aromatic N) is 2. The zero-order valence-corrected chi connectivity index (χ0v) is 6.75. The molecule has 0 bridgehead atoms. The van der Waals surface area contributed by atoms with Crippen LogP contribution in [0.15, 0.2) is 35.2 Å². The van der Waals surface area contributed by atoms with Crippen LogP contribution in [0.4, 0.5) is 0 Å². The summed E-state index contributed by atoms with van der Waals surface area (Å²) in [5.41, 5.74) is 0.967. The third-order valence-electron chi connectivity index (χ3n) is 1.33. The number of hydrogen-bond donors (Lipinski definition) is 0. The van der Waals surface area contributed by atoms with E-state index in [0.29, 0.717) is 0 Å². The van der Waals surface area contributed by atoms with Gasteiger partial charge < -0.3 is 4.40 Å². The Labute approximate surface area is 66.6 Å². The Morgan fingerprint density at radius 2 is 2.30 bits per heavy atom. The molecule has 0 N–H and O–H groups in total. The molecule has 0 saturated carbocycles. The number of pyridine rings is 1. The van der Waals surface area contributed by atoms with E-state index in [2.05, 4.69) is 20.9 Å². The first-order valence-corrected chi connectivity index (χ1v) is 3.75. The fourth-order valence-electron chi connectivity index (χ4n) is 0.904. The van der Waals surface area contributed by atoms with Gasteiger partial charge in [0, 0.05) is 12.4 Å². The van der Waals surface area contributed by atoms with Crippen LogP contribution in [0, 0.1) is 0 Å². The number of halogens is 1. The van der Waals surface area contributed by atoms with Gasteiger partial charge in [-0.05, 0) is 28.1 Å². The maximum atomic E-state index is 4.19. The molecule has 0 atom stereocenters. The van der Waals surface area contributed by atoms with Crippen LogP contribution >= 0.6 is 15.9 Å². The first kappa shape index (κ1) is 5.92. The van der Waals surface area contributed by atoms with Gasteiger partial charge in [0.2, 0.25) is 0 Å². The van der Waals surface area contributed by atoms with Gasteiger partial charge in [-0.2, -0.15) is 0 Å². The maximum Gasteiger partial charge on any atom is 0.138 e. The first-order chi connectivity index (χ1) is 4.86. The molecule has 0 aromatic carbocycles. The third-order valence-corrected chi connectivity index (χ3v) is 1.72. The molecule has 0 saturated heterocycles. The minimum Gasteiger partial charge on any atom is -0.306 e. The summed E-state index contributed by atoms with van der Waals surface area (Å²) in [5.74, 6) is 0. The molecule has 0 unspecified atom stereocenters. The zero-order valence-electron chi connectivity index (χ0n) is 5.16. The zero-order chi connectivity index (χ0) is 6.97. The summed E-state index contributed by atoms with van der Waals surface area (Å²) in [4.78, 5) is 4.19. The summed E-state index contributed by atoms with van der Waals surface area (Å²) >= 11 is 3.29. The number of aromatic nitrogens is 2. The van der Waals surface area contributed by atoms with Crippen molar-refractivity contribution in [3.8, 4) is 0 Å². The normalized spacial score (nSPS) is 10.5. The van der Waals surface area contributed by atoms with Crippen LogP contribution in [0.25, 0.3) is 5.65 Å². The van der Waals surface area contributed by atoms with Gasteiger partial charge in [-0.1, -0.05) is 6.07 Å². The van der Waals surface area contributed by atoms with Crippen molar-refractivity contribution in [2.45, 2.75) is 0 Å². The van der Waals surface area contributed by atoms with Gasteiger partial charge in [-0.3, -0.25) is 0 Å². The fraction of sp³-hybridized carbons (Fsp3) is 0. The van der Waals surface area contributed by atoms with E-state index in [1.807, 2.05) is 35.0 Å². The van der Waals surface area contributed by atoms with Crippen LogP contribution in [0.2, 0.25) is 0 Å². The standard InChI is InChI=1S/C7H5BrN2/c8-6-5-10-4-2-1-3-7(10)9-6/h1-5H. The molecule has 10 heavy (non-hydrogen) atoms. The molecule has 0 radical (unpaired) electrons. The van der Waals surface area contributed by atoms with Crippen molar-refractivity contribution in [1.82, 2.24) is 9.38 Å². The summed E-state index contributed by atoms with van der Waals surface area (Å²) in [6.45, 7) is 0. The van der Waals surface area contributed by atoms with Gasteiger partial charge in [0.15, 0.2) is 0 Å². The van der Waals surface area contributed by atoms with Crippen LogP contribution < -0.4 is 0 Å². The molecule has 50 valence electrons. The topological polar surface area (TPSA) is 17.3 Å². The Morgan fingerprint density at radius 1 is 1.40 bits per heavy atom. The molecular weight excluding hydrogens is 192 g/mol. The molecule has 0 amide bonds. The van der Waals surface area contributed by atoms with Crippen LogP contribution in [0.3, 0.4) is 0 Å². The summed E-state index contributed by atoms with van der Waals surface area (Å²) in [7, 11) is 0. The molecule has 3 heteroatoms. The van der Waals surface area contributed by atoms with Crippen LogP contribution in [-0.4, -0.2) is 9.38 Å². The summed E-state index contributed by atoms with van der Waals surface area (Å²) in [6, 6.07) is 5.90. The highest BCUT2D eigenvalue weighted by Crippen LogP contribution is 2.09. The Kier molecular flexibility index (Phi) is 1.24. The molecule has 0 aliphatic heterocycles. The van der Waals surface area contributed by atoms with E-state index < -0.39 is 0 Å². The van der Waals surface area contributed by atoms with Crippen LogP contribution in [0.1, 0.15) is 0 Å². The number of fused-ring (bicyclic) bond motifs is 1. The predicted octanol–water partition coefficient (Wildman–Crippen LogP) is 2.10. The minimum atomic E-state index is 0.874. The van der Waals surface area contributed by atoms with Crippen molar-refractivity contribution in [2.24, 2.45) is 0 Å². The summed E-state index contributed by atoms with van der Waals surface area (Å²) < 4.78 is 2.84. The Morgan fingerprint density at radius 3 is 3.10 bits per heavy atom. The van der Waals surface area contributed by atoms with E-state index in [1.54, 1.807) is 0 Å². The van der Waals surface area contributed by atoms with Gasteiger partial charge in [0.05, 0.1) is 0 Å². The molecule has 2 aromatic heterocycles. The van der Waals surface area contributed by atoms with Crippen molar-refractivity contribution in [2.75, 3.05) is 0 Å². The van der Waals surface area contributed by atoms with E-state index in [0.717, 1.165) is 10.3 Å². The molecular formula is C7H5BrN2. The van der Waals surface area contributed by atoms with Gasteiger partial charge in [0.25, 0.3) is 0 Å². The molecule has 2 aromatic rings. The second-order valence-corrected chi connectivity index (χ2v) is 2.84. The van der Waals surface area contributed by atoms with E-state index in [4.69, 9.17) is 0 Å². The monoisotopic (exact) mass is 196 g/mol. The van der Waals surface area contributed by atoms with E-state index in [9.17, 15) is 0 Å². The van der Waals surface area contributed by atoms with Crippen molar-refractivity contribution >= 4 is 21.6 Å². The smallest absolute Gasteiger partial charge is 0.138 e. The van der Waals surface area contributed by atoms with Crippen molar-refractivity contribution < 1.29 is 0 Å². The molecule has 2 heterocycles. The highest BCUT2D eigenvalue weighted by molar-refractivity contribution is 9.10. The van der Waals surface area contributed by atoms with Crippen molar-refractivity contribution in [1.29, 1.82) is 0 Å². The molecule has 0 spiro atoms. The molecule has 0 fully saturated rings. The number of imidazole rings is 1. The second kappa shape index (κ2) is 2.09. The van der Waals surface area contributed by atoms with Gasteiger partial charge in [-0.25, -0.2) is 4.98 Å². The van der Waals surface area contributed by atoms with Gasteiger partial charge >= 0.3 is 0 Å². The van der Waals surface area contributed by atoms with Crippen molar-refractivity contribution in [3.63, 3.8) is 0 Å². The Balaban J connectivity index is 2.88. The summed E-state index contributed by atoms with van der Waals surface area (Å²) in [6.07, 6.45) is 3.89. The van der Waals surface area contributed by atoms with E-state index in [-0.39, 0.29) is 0 Å². The molecule has 2 rings (SSSR count). The Hall–Kier alpha value is -0.830. The number of hydrogen-bond acceptors (Lipinski definition) is 1. The van der Waals surface area contributed by atoms with Crippen molar-refractivity contribution in [3.05, 3.63) is 35.2 Å². The third kappa shape index (κ3) is 0.827. The van der Waals surface area contributed by atoms with E-state index >= 15 is 0 Å². The molecule has 0 aliphatic rings. The average molecular weight is 197 g/mol. The SMILES string of the molecule is Brc1cn2ccccc2n1. The minimum absolute atomic E-state index is 0.874. The molecule has 0 aliphatic carbocycles.